The van der Waals surface area contributed by atoms with E-state index in [4.69, 9.17) is 4.74 Å². The Hall–Kier alpha value is -1.77. The lowest BCUT2D eigenvalue weighted by Gasteiger charge is -2.16. The average Bonchev–Trinajstić information content (AvgIpc) is 2.75. The van der Waals surface area contributed by atoms with Crippen molar-refractivity contribution in [3.8, 4) is 5.75 Å². The van der Waals surface area contributed by atoms with E-state index in [2.05, 4.69) is 5.32 Å². The number of hydrogen-bond donors (Lipinski definition) is 4. The Bertz CT molecular complexity index is 765. The first kappa shape index (κ1) is 28.3. The molecule has 8 heteroatoms. The van der Waals surface area contributed by atoms with Gasteiger partial charge in [0.05, 0.1) is 12.7 Å². The molecule has 0 saturated carbocycles. The largest absolute Gasteiger partial charge is 0.508 e. The van der Waals surface area contributed by atoms with Gasteiger partial charge in [-0.05, 0) is 42.6 Å². The topological polar surface area (TPSA) is 82.0 Å². The number of ether oxygens (including phenoxy) is 1. The van der Waals surface area contributed by atoms with E-state index in [9.17, 15) is 24.1 Å². The number of aliphatic hydroxyl groups is 2. The Morgan fingerprint density at radius 1 is 1.00 bits per heavy atom. The molecule has 0 radical (unpaired) electrons. The van der Waals surface area contributed by atoms with Crippen molar-refractivity contribution in [1.29, 1.82) is 0 Å². The second-order valence-electron chi connectivity index (χ2n) is 7.75. The minimum atomic E-state index is -2.86. The number of nitrogens with one attached hydrogen (secondary N) is 1. The molecule has 2 rings (SSSR count). The molecule has 32 heavy (non-hydrogen) atoms. The second-order valence-corrected chi connectivity index (χ2v) is 7.75. The first-order chi connectivity index (χ1) is 14.9. The Balaban J connectivity index is 0.00000512. The Morgan fingerprint density at radius 2 is 1.72 bits per heavy atom. The van der Waals surface area contributed by atoms with Crippen LogP contribution in [0.15, 0.2) is 48.5 Å². The maximum Gasteiger partial charge on any atom is 0.274 e. The van der Waals surface area contributed by atoms with E-state index in [1.807, 2.05) is 0 Å². The Labute approximate surface area is 194 Å². The molecule has 0 bridgehead atoms. The van der Waals surface area contributed by atoms with Crippen molar-refractivity contribution in [2.45, 2.75) is 50.7 Å². The van der Waals surface area contributed by atoms with Gasteiger partial charge in [-0.25, -0.2) is 8.78 Å². The monoisotopic (exact) mass is 473 g/mol. The zero-order chi connectivity index (χ0) is 22.5. The van der Waals surface area contributed by atoms with E-state index in [-0.39, 0.29) is 31.2 Å². The van der Waals surface area contributed by atoms with Crippen LogP contribution in [0.1, 0.15) is 48.5 Å². The molecule has 0 aliphatic heterocycles. The van der Waals surface area contributed by atoms with Crippen molar-refractivity contribution in [3.05, 3.63) is 65.2 Å². The first-order valence-corrected chi connectivity index (χ1v) is 10.7. The standard InChI is InChI=1S/C24H33F2NO4.ClH/c25-24(26,15-19-8-4-3-5-9-19)18-31-13-7-2-1-6-12-27-16-23(30)20-10-11-22(29)21(14-20)17-28;/h3-5,8-11,14,23,27-30H,1-2,6-7,12-13,15-18H2;1H/t23-;/m0./s1. The maximum absolute atomic E-state index is 13.9. The third kappa shape index (κ3) is 10.7. The summed E-state index contributed by atoms with van der Waals surface area (Å²) in [6, 6.07) is 13.4. The summed E-state index contributed by atoms with van der Waals surface area (Å²) >= 11 is 0. The van der Waals surface area contributed by atoms with Crippen LogP contribution in [0.2, 0.25) is 0 Å². The van der Waals surface area contributed by atoms with Crippen LogP contribution in [0.3, 0.4) is 0 Å². The molecule has 0 fully saturated rings. The lowest BCUT2D eigenvalue weighted by Crippen LogP contribution is -2.26. The van der Waals surface area contributed by atoms with Gasteiger partial charge in [-0.3, -0.25) is 0 Å². The van der Waals surface area contributed by atoms with E-state index < -0.39 is 18.6 Å². The van der Waals surface area contributed by atoms with Crippen molar-refractivity contribution < 1.29 is 28.8 Å². The third-order valence-electron chi connectivity index (χ3n) is 5.01. The molecule has 0 aliphatic carbocycles. The minimum absolute atomic E-state index is 0. The van der Waals surface area contributed by atoms with Crippen molar-refractivity contribution in [2.75, 3.05) is 26.3 Å². The summed E-state index contributed by atoms with van der Waals surface area (Å²) in [6.07, 6.45) is 2.46. The van der Waals surface area contributed by atoms with Gasteiger partial charge in [-0.15, -0.1) is 12.4 Å². The highest BCUT2D eigenvalue weighted by Gasteiger charge is 2.29. The van der Waals surface area contributed by atoms with Gasteiger partial charge in [0.15, 0.2) is 0 Å². The van der Waals surface area contributed by atoms with Crippen LogP contribution < -0.4 is 5.32 Å². The molecule has 5 nitrogen and oxygen atoms in total. The molecule has 0 heterocycles. The zero-order valence-corrected chi connectivity index (χ0v) is 19.0. The molecule has 0 aliphatic rings. The predicted molar refractivity (Wildman–Crippen MR) is 123 cm³/mol. The van der Waals surface area contributed by atoms with Crippen LogP contribution in [-0.2, 0) is 17.8 Å². The maximum atomic E-state index is 13.9. The van der Waals surface area contributed by atoms with Gasteiger partial charge in [-0.2, -0.15) is 0 Å². The van der Waals surface area contributed by atoms with Crippen LogP contribution >= 0.6 is 12.4 Å². The molecule has 1 atom stereocenters. The summed E-state index contributed by atoms with van der Waals surface area (Å²) in [4.78, 5) is 0. The first-order valence-electron chi connectivity index (χ1n) is 10.7. The fourth-order valence-corrected chi connectivity index (χ4v) is 3.27. The summed E-state index contributed by atoms with van der Waals surface area (Å²) in [7, 11) is 0. The van der Waals surface area contributed by atoms with Crippen LogP contribution in [0.5, 0.6) is 5.75 Å². The summed E-state index contributed by atoms with van der Waals surface area (Å²) in [5, 5.41) is 32.1. The predicted octanol–water partition coefficient (Wildman–Crippen LogP) is 4.38. The van der Waals surface area contributed by atoms with Gasteiger partial charge < -0.3 is 25.4 Å². The molecule has 0 aromatic heterocycles. The molecule has 180 valence electrons. The quantitative estimate of drug-likeness (QED) is 0.288. The smallest absolute Gasteiger partial charge is 0.274 e. The molecular formula is C24H34ClF2NO4. The van der Waals surface area contributed by atoms with E-state index >= 15 is 0 Å². The molecule has 0 saturated heterocycles. The summed E-state index contributed by atoms with van der Waals surface area (Å²) < 4.78 is 33.0. The van der Waals surface area contributed by atoms with Gasteiger partial charge in [-0.1, -0.05) is 49.2 Å². The minimum Gasteiger partial charge on any atom is -0.508 e. The number of phenols is 1. The molecule has 0 unspecified atom stereocenters. The number of aliphatic hydroxyl groups excluding tert-OH is 2. The molecule has 2 aromatic carbocycles. The van der Waals surface area contributed by atoms with E-state index in [1.165, 1.54) is 6.07 Å². The van der Waals surface area contributed by atoms with Crippen molar-refractivity contribution in [3.63, 3.8) is 0 Å². The van der Waals surface area contributed by atoms with E-state index in [0.717, 1.165) is 32.2 Å². The van der Waals surface area contributed by atoms with E-state index in [1.54, 1.807) is 42.5 Å². The summed E-state index contributed by atoms with van der Waals surface area (Å²) in [5.41, 5.74) is 1.63. The number of unbranched alkanes of at least 4 members (excludes halogenated alkanes) is 3. The van der Waals surface area contributed by atoms with Crippen LogP contribution in [-0.4, -0.2) is 47.5 Å². The van der Waals surface area contributed by atoms with E-state index in [0.29, 0.717) is 29.8 Å². The number of benzene rings is 2. The van der Waals surface area contributed by atoms with Gasteiger partial charge in [0.1, 0.15) is 12.4 Å². The molecule has 0 amide bonds. The molecule has 0 spiro atoms. The van der Waals surface area contributed by atoms with Crippen molar-refractivity contribution >= 4 is 12.4 Å². The highest BCUT2D eigenvalue weighted by molar-refractivity contribution is 5.85. The highest BCUT2D eigenvalue weighted by atomic mass is 35.5. The van der Waals surface area contributed by atoms with Crippen molar-refractivity contribution in [2.24, 2.45) is 0 Å². The molecular weight excluding hydrogens is 440 g/mol. The lowest BCUT2D eigenvalue weighted by atomic mass is 10.1. The summed E-state index contributed by atoms with van der Waals surface area (Å²) in [6.45, 7) is 0.586. The lowest BCUT2D eigenvalue weighted by molar-refractivity contribution is -0.0765. The zero-order valence-electron chi connectivity index (χ0n) is 18.2. The second kappa shape index (κ2) is 15.1. The van der Waals surface area contributed by atoms with Gasteiger partial charge in [0, 0.05) is 25.1 Å². The number of aromatic hydroxyl groups is 1. The fraction of sp³-hybridized carbons (Fsp3) is 0.500. The average molecular weight is 474 g/mol. The number of alkyl halides is 2. The highest BCUT2D eigenvalue weighted by Crippen LogP contribution is 2.22. The summed E-state index contributed by atoms with van der Waals surface area (Å²) in [5.74, 6) is -2.85. The van der Waals surface area contributed by atoms with Gasteiger partial charge in [0.25, 0.3) is 5.92 Å². The van der Waals surface area contributed by atoms with Crippen LogP contribution in [0.4, 0.5) is 8.78 Å². The van der Waals surface area contributed by atoms with Gasteiger partial charge in [0.2, 0.25) is 0 Å². The SMILES string of the molecule is Cl.OCc1cc([C@@H](O)CNCCCCCCOCC(F)(F)Cc2ccccc2)ccc1O. The van der Waals surface area contributed by atoms with Crippen molar-refractivity contribution in [1.82, 2.24) is 5.32 Å². The Morgan fingerprint density at radius 3 is 2.44 bits per heavy atom. The number of hydrogen-bond acceptors (Lipinski definition) is 5. The normalized spacial score (nSPS) is 12.4. The third-order valence-corrected chi connectivity index (χ3v) is 5.01. The fourth-order valence-electron chi connectivity index (χ4n) is 3.27. The Kier molecular flexibility index (Phi) is 13.4. The number of rotatable bonds is 15. The van der Waals surface area contributed by atoms with Crippen LogP contribution in [0.25, 0.3) is 0 Å². The number of halogens is 3. The van der Waals surface area contributed by atoms with Crippen LogP contribution in [0, 0.1) is 0 Å². The molecule has 2 aromatic rings. The molecule has 4 N–H and O–H groups in total. The van der Waals surface area contributed by atoms with Gasteiger partial charge >= 0.3 is 0 Å².